The molecular formula is C15H21N3OS2. The van der Waals surface area contributed by atoms with Crippen molar-refractivity contribution in [3.05, 3.63) is 29.3 Å². The van der Waals surface area contributed by atoms with E-state index in [-0.39, 0.29) is 6.61 Å². The van der Waals surface area contributed by atoms with Gasteiger partial charge in [0.2, 0.25) is 5.13 Å². The van der Waals surface area contributed by atoms with Crippen LogP contribution in [-0.4, -0.2) is 27.7 Å². The first kappa shape index (κ1) is 16.3. The van der Waals surface area contributed by atoms with E-state index >= 15 is 0 Å². The van der Waals surface area contributed by atoms with E-state index in [4.69, 9.17) is 5.11 Å². The van der Waals surface area contributed by atoms with E-state index in [0.29, 0.717) is 0 Å². The van der Waals surface area contributed by atoms with Crippen molar-refractivity contribution < 1.29 is 5.11 Å². The van der Waals surface area contributed by atoms with Gasteiger partial charge in [0, 0.05) is 18.0 Å². The molecule has 1 aromatic heterocycles. The number of nitrogens with one attached hydrogen (secondary N) is 1. The van der Waals surface area contributed by atoms with Gasteiger partial charge >= 0.3 is 0 Å². The lowest BCUT2D eigenvalue weighted by Crippen LogP contribution is -1.99. The number of benzene rings is 1. The second-order valence-corrected chi connectivity index (χ2v) is 6.90. The maximum atomic E-state index is 8.80. The van der Waals surface area contributed by atoms with Crippen LogP contribution in [0.3, 0.4) is 0 Å². The number of anilines is 2. The second-order valence-electron chi connectivity index (χ2n) is 4.58. The van der Waals surface area contributed by atoms with Gasteiger partial charge in [-0.05, 0) is 30.4 Å². The van der Waals surface area contributed by atoms with Gasteiger partial charge in [0.05, 0.1) is 0 Å². The predicted molar refractivity (Wildman–Crippen MR) is 90.8 cm³/mol. The Balaban J connectivity index is 2.11. The van der Waals surface area contributed by atoms with Crippen LogP contribution in [0.4, 0.5) is 10.8 Å². The molecule has 114 valence electrons. The summed E-state index contributed by atoms with van der Waals surface area (Å²) >= 11 is 3.21. The second kappa shape index (κ2) is 8.36. The third kappa shape index (κ3) is 4.43. The highest BCUT2D eigenvalue weighted by Crippen LogP contribution is 2.31. The monoisotopic (exact) mass is 323 g/mol. The minimum atomic E-state index is 0.223. The molecule has 2 N–H and O–H groups in total. The number of thioether (sulfide) groups is 1. The molecular weight excluding hydrogens is 302 g/mol. The van der Waals surface area contributed by atoms with Crippen LogP contribution >= 0.6 is 23.1 Å². The number of hydrogen-bond donors (Lipinski definition) is 2. The number of aromatic nitrogens is 2. The van der Waals surface area contributed by atoms with Crippen molar-refractivity contribution in [2.45, 2.75) is 37.4 Å². The Kier molecular flexibility index (Phi) is 6.48. The zero-order valence-electron chi connectivity index (χ0n) is 12.4. The van der Waals surface area contributed by atoms with Crippen LogP contribution in [0.25, 0.3) is 0 Å². The first-order chi connectivity index (χ1) is 10.3. The van der Waals surface area contributed by atoms with Gasteiger partial charge in [-0.2, -0.15) is 0 Å². The quantitative estimate of drug-likeness (QED) is 0.570. The molecule has 0 bridgehead atoms. The molecule has 0 saturated heterocycles. The Labute approximate surface area is 134 Å². The minimum Gasteiger partial charge on any atom is -0.396 e. The van der Waals surface area contributed by atoms with Gasteiger partial charge in [-0.25, -0.2) is 0 Å². The van der Waals surface area contributed by atoms with Crippen molar-refractivity contribution in [3.8, 4) is 0 Å². The molecule has 0 amide bonds. The predicted octanol–water partition coefficient (Wildman–Crippen LogP) is 3.88. The SMILES string of the molecule is CCc1cccc(CC)c1Nc1nnc(SCCCO)s1. The van der Waals surface area contributed by atoms with E-state index in [0.717, 1.165) is 34.5 Å². The average Bonchev–Trinajstić information content (AvgIpc) is 2.95. The van der Waals surface area contributed by atoms with Crippen molar-refractivity contribution >= 4 is 33.9 Å². The van der Waals surface area contributed by atoms with E-state index in [1.807, 2.05) is 0 Å². The molecule has 1 aromatic carbocycles. The molecule has 0 fully saturated rings. The first-order valence-electron chi connectivity index (χ1n) is 7.23. The average molecular weight is 323 g/mol. The fourth-order valence-corrected chi connectivity index (χ4v) is 3.80. The summed E-state index contributed by atoms with van der Waals surface area (Å²) in [5, 5.41) is 21.5. The lowest BCUT2D eigenvalue weighted by Gasteiger charge is -2.13. The van der Waals surface area contributed by atoms with E-state index in [1.54, 1.807) is 23.1 Å². The molecule has 4 nitrogen and oxygen atoms in total. The number of aryl methyl sites for hydroxylation is 2. The summed E-state index contributed by atoms with van der Waals surface area (Å²) in [5.41, 5.74) is 3.78. The van der Waals surface area contributed by atoms with Crippen LogP contribution in [0.5, 0.6) is 0 Å². The number of nitrogens with zero attached hydrogens (tertiary/aromatic N) is 2. The van der Waals surface area contributed by atoms with Crippen molar-refractivity contribution in [2.24, 2.45) is 0 Å². The van der Waals surface area contributed by atoms with Crippen molar-refractivity contribution in [1.29, 1.82) is 0 Å². The van der Waals surface area contributed by atoms with E-state index in [1.165, 1.54) is 16.8 Å². The molecule has 2 aromatic rings. The number of aliphatic hydroxyl groups is 1. The molecule has 0 saturated carbocycles. The standard InChI is InChI=1S/C15H21N3OS2/c1-3-11-7-5-8-12(4-2)13(11)16-14-17-18-15(21-14)20-10-6-9-19/h5,7-8,19H,3-4,6,9-10H2,1-2H3,(H,16,17). The Morgan fingerprint density at radius 1 is 1.19 bits per heavy atom. The summed E-state index contributed by atoms with van der Waals surface area (Å²) in [6, 6.07) is 6.41. The Hall–Kier alpha value is -1.11. The summed E-state index contributed by atoms with van der Waals surface area (Å²) in [4.78, 5) is 0. The van der Waals surface area contributed by atoms with Crippen molar-refractivity contribution in [2.75, 3.05) is 17.7 Å². The first-order valence-corrected chi connectivity index (χ1v) is 9.03. The van der Waals surface area contributed by atoms with Gasteiger partial charge in [-0.15, -0.1) is 10.2 Å². The smallest absolute Gasteiger partial charge is 0.210 e. The lowest BCUT2D eigenvalue weighted by molar-refractivity contribution is 0.296. The third-order valence-corrected chi connectivity index (χ3v) is 5.22. The van der Waals surface area contributed by atoms with E-state index < -0.39 is 0 Å². The largest absolute Gasteiger partial charge is 0.396 e. The van der Waals surface area contributed by atoms with Crippen LogP contribution < -0.4 is 5.32 Å². The Morgan fingerprint density at radius 2 is 1.90 bits per heavy atom. The minimum absolute atomic E-state index is 0.223. The molecule has 0 radical (unpaired) electrons. The summed E-state index contributed by atoms with van der Waals surface area (Å²) in [7, 11) is 0. The van der Waals surface area contributed by atoms with Crippen LogP contribution in [0.15, 0.2) is 22.5 Å². The normalized spacial score (nSPS) is 10.8. The number of para-hydroxylation sites is 1. The van der Waals surface area contributed by atoms with E-state index in [9.17, 15) is 0 Å². The number of aliphatic hydroxyl groups excluding tert-OH is 1. The molecule has 0 atom stereocenters. The molecule has 0 aliphatic heterocycles. The van der Waals surface area contributed by atoms with Crippen LogP contribution in [-0.2, 0) is 12.8 Å². The molecule has 2 rings (SSSR count). The molecule has 1 heterocycles. The van der Waals surface area contributed by atoms with Crippen molar-refractivity contribution in [1.82, 2.24) is 10.2 Å². The van der Waals surface area contributed by atoms with Crippen LogP contribution in [0, 0.1) is 0 Å². The highest BCUT2D eigenvalue weighted by molar-refractivity contribution is 8.01. The van der Waals surface area contributed by atoms with Crippen molar-refractivity contribution in [3.63, 3.8) is 0 Å². The fourth-order valence-electron chi connectivity index (χ4n) is 2.05. The third-order valence-electron chi connectivity index (χ3n) is 3.17. The molecule has 0 aliphatic carbocycles. The fraction of sp³-hybridized carbons (Fsp3) is 0.467. The zero-order chi connectivity index (χ0) is 15.1. The highest BCUT2D eigenvalue weighted by Gasteiger charge is 2.10. The lowest BCUT2D eigenvalue weighted by atomic mass is 10.0. The maximum Gasteiger partial charge on any atom is 0.210 e. The van der Waals surface area contributed by atoms with Gasteiger partial charge in [0.1, 0.15) is 0 Å². The Bertz CT molecular complexity index is 550. The maximum absolute atomic E-state index is 8.80. The highest BCUT2D eigenvalue weighted by atomic mass is 32.2. The van der Waals surface area contributed by atoms with Gasteiger partial charge in [-0.3, -0.25) is 0 Å². The summed E-state index contributed by atoms with van der Waals surface area (Å²) in [6.07, 6.45) is 2.77. The van der Waals surface area contributed by atoms with Crippen LogP contribution in [0.1, 0.15) is 31.4 Å². The zero-order valence-corrected chi connectivity index (χ0v) is 14.1. The molecule has 6 heteroatoms. The molecule has 0 unspecified atom stereocenters. The van der Waals surface area contributed by atoms with Crippen LogP contribution in [0.2, 0.25) is 0 Å². The summed E-state index contributed by atoms with van der Waals surface area (Å²) in [5.74, 6) is 0.872. The topological polar surface area (TPSA) is 58.0 Å². The van der Waals surface area contributed by atoms with Gasteiger partial charge in [-0.1, -0.05) is 55.1 Å². The van der Waals surface area contributed by atoms with Gasteiger partial charge in [0.25, 0.3) is 0 Å². The van der Waals surface area contributed by atoms with Gasteiger partial charge in [0.15, 0.2) is 4.34 Å². The molecule has 21 heavy (non-hydrogen) atoms. The molecule has 0 spiro atoms. The number of rotatable bonds is 8. The van der Waals surface area contributed by atoms with Gasteiger partial charge < -0.3 is 10.4 Å². The molecule has 0 aliphatic rings. The Morgan fingerprint density at radius 3 is 2.52 bits per heavy atom. The summed E-state index contributed by atoms with van der Waals surface area (Å²) < 4.78 is 0.943. The summed E-state index contributed by atoms with van der Waals surface area (Å²) in [6.45, 7) is 4.55. The number of hydrogen-bond acceptors (Lipinski definition) is 6. The van der Waals surface area contributed by atoms with E-state index in [2.05, 4.69) is 47.6 Å².